The fourth-order valence-corrected chi connectivity index (χ4v) is 3.36. The van der Waals surface area contributed by atoms with Crippen LogP contribution in [0.2, 0.25) is 0 Å². The fraction of sp³-hybridized carbons (Fsp3) is 0.316. The molecule has 0 radical (unpaired) electrons. The minimum Gasteiger partial charge on any atom is -0.290 e. The van der Waals surface area contributed by atoms with Gasteiger partial charge in [-0.25, -0.2) is 0 Å². The Morgan fingerprint density at radius 2 is 1.60 bits per heavy atom. The van der Waals surface area contributed by atoms with E-state index >= 15 is 0 Å². The highest BCUT2D eigenvalue weighted by Gasteiger charge is 2.43. The monoisotopic (exact) mass is 266 g/mol. The summed E-state index contributed by atoms with van der Waals surface area (Å²) in [6.07, 6.45) is 0.841. The minimum atomic E-state index is -2.02. The van der Waals surface area contributed by atoms with Gasteiger partial charge in [0.1, 0.15) is 0 Å². The minimum absolute atomic E-state index is 0.0289. The maximum Gasteiger partial charge on any atom is 0.0600 e. The standard InChI is InChI=1S/C19H21N/c1-3-18-19(14-15(2)20-18,16-10-6-4-7-11-16)17-12-8-5-9-13-17/h4-13,15H,3,14H2,1-2H3/i1D3. The van der Waals surface area contributed by atoms with Crippen LogP contribution in [0, 0.1) is 0 Å². The van der Waals surface area contributed by atoms with Crippen molar-refractivity contribution in [3.8, 4) is 0 Å². The number of hydrogen-bond acceptors (Lipinski definition) is 1. The van der Waals surface area contributed by atoms with Crippen LogP contribution in [0.3, 0.4) is 0 Å². The van der Waals surface area contributed by atoms with Crippen molar-refractivity contribution in [1.82, 2.24) is 0 Å². The molecule has 1 aliphatic rings. The molecule has 0 fully saturated rings. The van der Waals surface area contributed by atoms with Gasteiger partial charge in [0.25, 0.3) is 0 Å². The normalized spacial score (nSPS) is 23.6. The Hall–Kier alpha value is -1.89. The number of aliphatic imine (C=N–C) groups is 1. The van der Waals surface area contributed by atoms with Crippen LogP contribution in [0.4, 0.5) is 0 Å². The predicted molar refractivity (Wildman–Crippen MR) is 85.5 cm³/mol. The van der Waals surface area contributed by atoms with E-state index in [1.807, 2.05) is 36.4 Å². The second-order valence-corrected chi connectivity index (χ2v) is 5.44. The second kappa shape index (κ2) is 5.24. The van der Waals surface area contributed by atoms with Gasteiger partial charge in [-0.05, 0) is 30.9 Å². The number of nitrogens with zero attached hydrogens (tertiary/aromatic N) is 1. The van der Waals surface area contributed by atoms with Crippen LogP contribution in [-0.2, 0) is 5.41 Å². The van der Waals surface area contributed by atoms with Crippen LogP contribution in [0.25, 0.3) is 0 Å². The SMILES string of the molecule is [2H]C([2H])([2H])CC1=NC(C)CC1(c1ccccc1)c1ccccc1. The zero-order chi connectivity index (χ0) is 16.5. The van der Waals surface area contributed by atoms with Crippen LogP contribution in [0.5, 0.6) is 0 Å². The third kappa shape index (κ3) is 1.98. The lowest BCUT2D eigenvalue weighted by Crippen LogP contribution is -2.34. The molecular formula is C19H21N. The molecule has 1 nitrogen and oxygen atoms in total. The van der Waals surface area contributed by atoms with E-state index in [9.17, 15) is 0 Å². The molecule has 1 aliphatic heterocycles. The highest BCUT2D eigenvalue weighted by Crippen LogP contribution is 2.43. The summed E-state index contributed by atoms with van der Waals surface area (Å²) < 4.78 is 23.2. The third-order valence-electron chi connectivity index (χ3n) is 4.17. The van der Waals surface area contributed by atoms with E-state index in [0.717, 1.165) is 23.3 Å². The van der Waals surface area contributed by atoms with Crippen LogP contribution >= 0.6 is 0 Å². The molecule has 0 aliphatic carbocycles. The first kappa shape index (κ1) is 9.93. The molecule has 1 heterocycles. The molecule has 102 valence electrons. The zero-order valence-corrected chi connectivity index (χ0v) is 11.7. The van der Waals surface area contributed by atoms with Crippen molar-refractivity contribution in [3.05, 3.63) is 71.8 Å². The molecule has 2 aromatic carbocycles. The summed E-state index contributed by atoms with van der Waals surface area (Å²) in [5.41, 5.74) is 2.59. The molecule has 0 saturated carbocycles. The quantitative estimate of drug-likeness (QED) is 0.769. The predicted octanol–water partition coefficient (Wildman–Crippen LogP) is 4.62. The molecule has 1 atom stereocenters. The van der Waals surface area contributed by atoms with E-state index in [1.165, 1.54) is 0 Å². The van der Waals surface area contributed by atoms with Gasteiger partial charge in [0, 0.05) is 15.9 Å². The van der Waals surface area contributed by atoms with E-state index in [1.54, 1.807) is 0 Å². The van der Waals surface area contributed by atoms with Crippen LogP contribution < -0.4 is 0 Å². The van der Waals surface area contributed by atoms with Gasteiger partial charge in [0.2, 0.25) is 0 Å². The number of benzene rings is 2. The lowest BCUT2D eigenvalue weighted by molar-refractivity contribution is 0.591. The third-order valence-corrected chi connectivity index (χ3v) is 4.17. The first-order valence-electron chi connectivity index (χ1n) is 8.60. The number of rotatable bonds is 3. The topological polar surface area (TPSA) is 12.4 Å². The molecule has 0 aromatic heterocycles. The maximum atomic E-state index is 7.72. The van der Waals surface area contributed by atoms with Gasteiger partial charge in [-0.15, -0.1) is 0 Å². The van der Waals surface area contributed by atoms with Gasteiger partial charge in [0.05, 0.1) is 5.41 Å². The largest absolute Gasteiger partial charge is 0.290 e. The van der Waals surface area contributed by atoms with Gasteiger partial charge < -0.3 is 0 Å². The average molecular weight is 266 g/mol. The van der Waals surface area contributed by atoms with Crippen molar-refractivity contribution in [2.75, 3.05) is 0 Å². The summed E-state index contributed by atoms with van der Waals surface area (Å²) in [6, 6.07) is 20.5. The molecule has 2 aromatic rings. The van der Waals surface area contributed by atoms with E-state index in [0.29, 0.717) is 0 Å². The summed E-state index contributed by atoms with van der Waals surface area (Å²) in [5.74, 6) is 0. The van der Waals surface area contributed by atoms with Gasteiger partial charge in [-0.3, -0.25) is 4.99 Å². The molecule has 0 N–H and O–H groups in total. The molecular weight excluding hydrogens is 242 g/mol. The highest BCUT2D eigenvalue weighted by molar-refractivity contribution is 5.99. The lowest BCUT2D eigenvalue weighted by atomic mass is 9.68. The van der Waals surface area contributed by atoms with Crippen LogP contribution in [-0.4, -0.2) is 11.8 Å². The van der Waals surface area contributed by atoms with E-state index in [4.69, 9.17) is 9.10 Å². The van der Waals surface area contributed by atoms with Crippen molar-refractivity contribution in [2.24, 2.45) is 4.99 Å². The smallest absolute Gasteiger partial charge is 0.0600 e. The summed E-state index contributed by atoms with van der Waals surface area (Å²) in [4.78, 5) is 4.74. The Balaban J connectivity index is 2.19. The Morgan fingerprint density at radius 3 is 2.10 bits per heavy atom. The molecule has 0 amide bonds. The molecule has 0 bridgehead atoms. The van der Waals surface area contributed by atoms with Gasteiger partial charge in [-0.1, -0.05) is 67.5 Å². The Labute approximate surface area is 125 Å². The van der Waals surface area contributed by atoms with Crippen molar-refractivity contribution >= 4 is 5.71 Å². The average Bonchev–Trinajstić information content (AvgIpc) is 2.84. The van der Waals surface area contributed by atoms with Crippen molar-refractivity contribution in [3.63, 3.8) is 0 Å². The van der Waals surface area contributed by atoms with E-state index in [2.05, 4.69) is 31.2 Å². The number of hydrogen-bond donors (Lipinski definition) is 0. The molecule has 1 unspecified atom stereocenters. The first-order valence-corrected chi connectivity index (χ1v) is 7.10. The van der Waals surface area contributed by atoms with Crippen molar-refractivity contribution < 1.29 is 4.11 Å². The van der Waals surface area contributed by atoms with Crippen LogP contribution in [0.1, 0.15) is 41.9 Å². The van der Waals surface area contributed by atoms with Crippen molar-refractivity contribution in [1.29, 1.82) is 0 Å². The first-order chi connectivity index (χ1) is 10.9. The van der Waals surface area contributed by atoms with Gasteiger partial charge in [0.15, 0.2) is 0 Å². The summed E-state index contributed by atoms with van der Waals surface area (Å²) in [7, 11) is 0. The summed E-state index contributed by atoms with van der Waals surface area (Å²) in [5, 5.41) is 0. The zero-order valence-electron chi connectivity index (χ0n) is 14.7. The second-order valence-electron chi connectivity index (χ2n) is 5.44. The van der Waals surface area contributed by atoms with E-state index < -0.39 is 12.3 Å². The molecule has 3 rings (SSSR count). The fourth-order valence-electron chi connectivity index (χ4n) is 3.36. The van der Waals surface area contributed by atoms with Gasteiger partial charge in [-0.2, -0.15) is 0 Å². The molecule has 0 spiro atoms. The highest BCUT2D eigenvalue weighted by atomic mass is 14.9. The Kier molecular flexibility index (Phi) is 2.60. The summed E-state index contributed by atoms with van der Waals surface area (Å²) >= 11 is 0. The van der Waals surface area contributed by atoms with Gasteiger partial charge >= 0.3 is 0 Å². The lowest BCUT2D eigenvalue weighted by Gasteiger charge is -2.32. The summed E-state index contributed by atoms with van der Waals surface area (Å²) in [6.45, 7) is 0.0465. The molecule has 0 saturated heterocycles. The molecule has 1 heteroatoms. The van der Waals surface area contributed by atoms with Crippen LogP contribution in [0.15, 0.2) is 65.7 Å². The Bertz CT molecular complexity index is 650. The Morgan fingerprint density at radius 1 is 1.05 bits per heavy atom. The van der Waals surface area contributed by atoms with E-state index in [-0.39, 0.29) is 12.5 Å². The van der Waals surface area contributed by atoms with Crippen molar-refractivity contribution in [2.45, 2.75) is 38.1 Å². The maximum absolute atomic E-state index is 7.72. The molecule has 20 heavy (non-hydrogen) atoms.